The van der Waals surface area contributed by atoms with Crippen molar-refractivity contribution < 1.29 is 4.79 Å². The maximum absolute atomic E-state index is 10.8. The molecule has 0 spiro atoms. The lowest BCUT2D eigenvalue weighted by Gasteiger charge is -2.09. The van der Waals surface area contributed by atoms with Crippen LogP contribution in [0.5, 0.6) is 0 Å². The van der Waals surface area contributed by atoms with Gasteiger partial charge in [0.2, 0.25) is 0 Å². The molecule has 82 valence electrons. The number of carbonyl (C=O) groups excluding carboxylic acids is 1. The zero-order chi connectivity index (χ0) is 11.7. The summed E-state index contributed by atoms with van der Waals surface area (Å²) in [4.78, 5) is 15.1. The standard InChI is InChI=1S/C13H12ClNO/c1-8(2)11-5-3-4-9-6-10(7-16)13(14)15-12(9)11/h3-8H,1-2H3. The van der Waals surface area contributed by atoms with E-state index in [-0.39, 0.29) is 5.15 Å². The minimum atomic E-state index is 0.274. The molecule has 0 radical (unpaired) electrons. The first kappa shape index (κ1) is 11.1. The maximum Gasteiger partial charge on any atom is 0.153 e. The van der Waals surface area contributed by atoms with E-state index in [0.29, 0.717) is 11.5 Å². The molecule has 2 aromatic rings. The van der Waals surface area contributed by atoms with Gasteiger partial charge in [0, 0.05) is 5.39 Å². The van der Waals surface area contributed by atoms with Crippen molar-refractivity contribution >= 4 is 28.8 Å². The molecule has 0 fully saturated rings. The Morgan fingerprint density at radius 2 is 2.12 bits per heavy atom. The van der Waals surface area contributed by atoms with Gasteiger partial charge in [0.25, 0.3) is 0 Å². The van der Waals surface area contributed by atoms with Gasteiger partial charge in [-0.3, -0.25) is 4.79 Å². The Morgan fingerprint density at radius 3 is 2.75 bits per heavy atom. The summed E-state index contributed by atoms with van der Waals surface area (Å²) in [5.74, 6) is 0.384. The van der Waals surface area contributed by atoms with Gasteiger partial charge in [0.05, 0.1) is 11.1 Å². The summed E-state index contributed by atoms with van der Waals surface area (Å²) < 4.78 is 0. The number of fused-ring (bicyclic) bond motifs is 1. The predicted octanol–water partition coefficient (Wildman–Crippen LogP) is 3.82. The van der Waals surface area contributed by atoms with Gasteiger partial charge in [-0.1, -0.05) is 43.6 Å². The van der Waals surface area contributed by atoms with E-state index in [4.69, 9.17) is 11.6 Å². The third-order valence-electron chi connectivity index (χ3n) is 2.61. The molecule has 0 unspecified atom stereocenters. The first-order chi connectivity index (χ1) is 7.63. The predicted molar refractivity (Wildman–Crippen MR) is 66.2 cm³/mol. The van der Waals surface area contributed by atoms with Gasteiger partial charge in [-0.15, -0.1) is 0 Å². The largest absolute Gasteiger partial charge is 0.298 e. The van der Waals surface area contributed by atoms with Crippen molar-refractivity contribution in [3.63, 3.8) is 0 Å². The second-order valence-corrected chi connectivity index (χ2v) is 4.42. The second-order valence-electron chi connectivity index (χ2n) is 4.06. The molecular weight excluding hydrogens is 222 g/mol. The van der Waals surface area contributed by atoms with Crippen LogP contribution in [0.2, 0.25) is 5.15 Å². The van der Waals surface area contributed by atoms with Gasteiger partial charge in [-0.05, 0) is 17.5 Å². The average molecular weight is 234 g/mol. The number of para-hydroxylation sites is 1. The Morgan fingerprint density at radius 1 is 1.38 bits per heavy atom. The van der Waals surface area contributed by atoms with Crippen LogP contribution in [0, 0.1) is 0 Å². The van der Waals surface area contributed by atoms with E-state index < -0.39 is 0 Å². The summed E-state index contributed by atoms with van der Waals surface area (Å²) in [6, 6.07) is 7.74. The van der Waals surface area contributed by atoms with E-state index >= 15 is 0 Å². The van der Waals surface area contributed by atoms with E-state index in [9.17, 15) is 4.79 Å². The van der Waals surface area contributed by atoms with Crippen molar-refractivity contribution in [3.8, 4) is 0 Å². The van der Waals surface area contributed by atoms with Gasteiger partial charge in [-0.2, -0.15) is 0 Å². The van der Waals surface area contributed by atoms with E-state index in [1.54, 1.807) is 6.07 Å². The molecule has 2 nitrogen and oxygen atoms in total. The van der Waals surface area contributed by atoms with Crippen LogP contribution in [0.4, 0.5) is 0 Å². The molecule has 0 aliphatic rings. The third kappa shape index (κ3) is 1.81. The molecule has 1 aromatic heterocycles. The fraction of sp³-hybridized carbons (Fsp3) is 0.231. The Balaban J connectivity index is 2.79. The quantitative estimate of drug-likeness (QED) is 0.583. The van der Waals surface area contributed by atoms with Gasteiger partial charge >= 0.3 is 0 Å². The van der Waals surface area contributed by atoms with E-state index in [0.717, 1.165) is 22.8 Å². The van der Waals surface area contributed by atoms with Crippen molar-refractivity contribution in [1.29, 1.82) is 0 Å². The van der Waals surface area contributed by atoms with E-state index in [1.807, 2.05) is 18.2 Å². The summed E-state index contributed by atoms with van der Waals surface area (Å²) in [6.07, 6.45) is 0.733. The summed E-state index contributed by atoms with van der Waals surface area (Å²) in [5.41, 5.74) is 2.47. The lowest BCUT2D eigenvalue weighted by atomic mass is 9.99. The van der Waals surface area contributed by atoms with E-state index in [2.05, 4.69) is 18.8 Å². The minimum absolute atomic E-state index is 0.274. The highest BCUT2D eigenvalue weighted by atomic mass is 35.5. The maximum atomic E-state index is 10.8. The molecule has 0 amide bonds. The van der Waals surface area contributed by atoms with Crippen molar-refractivity contribution in [2.24, 2.45) is 0 Å². The van der Waals surface area contributed by atoms with Crippen LogP contribution >= 0.6 is 11.6 Å². The number of rotatable bonds is 2. The van der Waals surface area contributed by atoms with Crippen LogP contribution in [-0.2, 0) is 0 Å². The Bertz CT molecular complexity index is 549. The van der Waals surface area contributed by atoms with Crippen LogP contribution in [0.25, 0.3) is 10.9 Å². The number of halogens is 1. The molecule has 16 heavy (non-hydrogen) atoms. The van der Waals surface area contributed by atoms with Crippen molar-refractivity contribution in [3.05, 3.63) is 40.5 Å². The first-order valence-corrected chi connectivity index (χ1v) is 5.55. The number of pyridine rings is 1. The molecule has 0 saturated carbocycles. The third-order valence-corrected chi connectivity index (χ3v) is 2.91. The minimum Gasteiger partial charge on any atom is -0.298 e. The number of nitrogens with zero attached hydrogens (tertiary/aromatic N) is 1. The van der Waals surface area contributed by atoms with Crippen molar-refractivity contribution in [2.75, 3.05) is 0 Å². The van der Waals surface area contributed by atoms with Crippen LogP contribution in [-0.4, -0.2) is 11.3 Å². The highest BCUT2D eigenvalue weighted by molar-refractivity contribution is 6.32. The average Bonchev–Trinajstić information content (AvgIpc) is 2.27. The smallest absolute Gasteiger partial charge is 0.153 e. The van der Waals surface area contributed by atoms with Crippen molar-refractivity contribution in [2.45, 2.75) is 19.8 Å². The summed E-state index contributed by atoms with van der Waals surface area (Å²) in [5, 5.41) is 1.23. The first-order valence-electron chi connectivity index (χ1n) is 5.18. The van der Waals surface area contributed by atoms with Crippen molar-refractivity contribution in [1.82, 2.24) is 4.98 Å². The Kier molecular flexibility index (Phi) is 2.92. The Hall–Kier alpha value is -1.41. The number of hydrogen-bond donors (Lipinski definition) is 0. The number of hydrogen-bond acceptors (Lipinski definition) is 2. The molecular formula is C13H12ClNO. The normalized spacial score (nSPS) is 11.0. The number of aldehydes is 1. The molecule has 0 bridgehead atoms. The Labute approximate surface area is 99.3 Å². The molecule has 0 aliphatic carbocycles. The highest BCUT2D eigenvalue weighted by Crippen LogP contribution is 2.26. The molecule has 2 rings (SSSR count). The van der Waals surface area contributed by atoms with Crippen LogP contribution in [0.3, 0.4) is 0 Å². The fourth-order valence-electron chi connectivity index (χ4n) is 1.76. The van der Waals surface area contributed by atoms with Gasteiger partial charge < -0.3 is 0 Å². The van der Waals surface area contributed by atoms with Gasteiger partial charge in [0.15, 0.2) is 6.29 Å². The fourth-order valence-corrected chi connectivity index (χ4v) is 1.95. The zero-order valence-corrected chi connectivity index (χ0v) is 9.95. The summed E-state index contributed by atoms with van der Waals surface area (Å²) in [6.45, 7) is 4.22. The number of aromatic nitrogens is 1. The second kappa shape index (κ2) is 4.22. The summed E-state index contributed by atoms with van der Waals surface area (Å²) in [7, 11) is 0. The zero-order valence-electron chi connectivity index (χ0n) is 9.20. The molecule has 0 saturated heterocycles. The topological polar surface area (TPSA) is 30.0 Å². The van der Waals surface area contributed by atoms with Gasteiger partial charge in [-0.25, -0.2) is 4.98 Å². The highest BCUT2D eigenvalue weighted by Gasteiger charge is 2.09. The van der Waals surface area contributed by atoms with Crippen LogP contribution in [0.1, 0.15) is 35.7 Å². The lowest BCUT2D eigenvalue weighted by molar-refractivity contribution is 0.112. The monoisotopic (exact) mass is 233 g/mol. The van der Waals surface area contributed by atoms with Gasteiger partial charge in [0.1, 0.15) is 5.15 Å². The molecule has 0 atom stereocenters. The molecule has 0 aliphatic heterocycles. The molecule has 1 heterocycles. The van der Waals surface area contributed by atoms with Crippen LogP contribution < -0.4 is 0 Å². The summed E-state index contributed by atoms with van der Waals surface area (Å²) >= 11 is 5.94. The van der Waals surface area contributed by atoms with E-state index in [1.165, 1.54) is 0 Å². The van der Waals surface area contributed by atoms with Crippen LogP contribution in [0.15, 0.2) is 24.3 Å². The number of carbonyl (C=O) groups is 1. The SMILES string of the molecule is CC(C)c1cccc2cc(C=O)c(Cl)nc12. The molecule has 0 N–H and O–H groups in total. The molecule has 3 heteroatoms. The lowest BCUT2D eigenvalue weighted by Crippen LogP contribution is -1.94. The number of benzene rings is 1. The molecule has 1 aromatic carbocycles.